The van der Waals surface area contributed by atoms with E-state index in [1.807, 2.05) is 33.3 Å². The van der Waals surface area contributed by atoms with Crippen LogP contribution in [0.1, 0.15) is 43.5 Å². The molecule has 8 heteroatoms. The van der Waals surface area contributed by atoms with Gasteiger partial charge in [-0.05, 0) is 33.9 Å². The SMILES string of the molecule is CCOC(C)c1nc(CN(C)C(=O)CCCNC)cs1.Cl.Cl. The van der Waals surface area contributed by atoms with Crippen LogP contribution in [-0.4, -0.2) is 43.0 Å². The van der Waals surface area contributed by atoms with E-state index in [1.165, 1.54) is 0 Å². The lowest BCUT2D eigenvalue weighted by Crippen LogP contribution is -2.26. The Bertz CT molecular complexity index is 419. The number of carbonyl (C=O) groups excluding carboxylic acids is 1. The molecule has 0 aliphatic heterocycles. The Morgan fingerprint density at radius 2 is 2.18 bits per heavy atom. The molecule has 1 amide bonds. The zero-order valence-corrected chi connectivity index (χ0v) is 16.1. The van der Waals surface area contributed by atoms with Crippen LogP contribution in [0.3, 0.4) is 0 Å². The van der Waals surface area contributed by atoms with E-state index in [-0.39, 0.29) is 36.8 Å². The minimum absolute atomic E-state index is 0. The van der Waals surface area contributed by atoms with Crippen molar-refractivity contribution in [2.45, 2.75) is 39.3 Å². The lowest BCUT2D eigenvalue weighted by Gasteiger charge is -2.15. The highest BCUT2D eigenvalue weighted by Crippen LogP contribution is 2.21. The molecule has 0 aliphatic rings. The summed E-state index contributed by atoms with van der Waals surface area (Å²) in [7, 11) is 3.72. The van der Waals surface area contributed by atoms with Gasteiger partial charge in [-0.1, -0.05) is 0 Å². The number of rotatable bonds is 9. The highest BCUT2D eigenvalue weighted by atomic mass is 35.5. The van der Waals surface area contributed by atoms with Gasteiger partial charge in [0, 0.05) is 25.5 Å². The van der Waals surface area contributed by atoms with E-state index in [0.29, 0.717) is 19.6 Å². The Morgan fingerprint density at radius 1 is 1.50 bits per heavy atom. The van der Waals surface area contributed by atoms with Crippen LogP contribution in [0.5, 0.6) is 0 Å². The van der Waals surface area contributed by atoms with Crippen molar-refractivity contribution in [1.29, 1.82) is 0 Å². The summed E-state index contributed by atoms with van der Waals surface area (Å²) in [6, 6.07) is 0. The van der Waals surface area contributed by atoms with Gasteiger partial charge in [0.05, 0.1) is 12.2 Å². The summed E-state index contributed by atoms with van der Waals surface area (Å²) in [5.41, 5.74) is 0.931. The van der Waals surface area contributed by atoms with Crippen molar-refractivity contribution in [3.8, 4) is 0 Å². The molecule has 1 aromatic heterocycles. The van der Waals surface area contributed by atoms with Crippen LogP contribution in [0.15, 0.2) is 5.38 Å². The summed E-state index contributed by atoms with van der Waals surface area (Å²) < 4.78 is 5.52. The molecule has 0 aliphatic carbocycles. The van der Waals surface area contributed by atoms with Gasteiger partial charge in [0.1, 0.15) is 11.1 Å². The Morgan fingerprint density at radius 3 is 2.77 bits per heavy atom. The van der Waals surface area contributed by atoms with Crippen molar-refractivity contribution in [1.82, 2.24) is 15.2 Å². The molecule has 0 saturated carbocycles. The molecule has 0 radical (unpaired) electrons. The van der Waals surface area contributed by atoms with Crippen molar-refractivity contribution >= 4 is 42.1 Å². The highest BCUT2D eigenvalue weighted by molar-refractivity contribution is 7.09. The van der Waals surface area contributed by atoms with Crippen molar-refractivity contribution < 1.29 is 9.53 Å². The largest absolute Gasteiger partial charge is 0.372 e. The first kappa shape index (κ1) is 23.9. The van der Waals surface area contributed by atoms with Gasteiger partial charge in [0.15, 0.2) is 0 Å². The predicted molar refractivity (Wildman–Crippen MR) is 96.3 cm³/mol. The summed E-state index contributed by atoms with van der Waals surface area (Å²) >= 11 is 1.59. The molecule has 5 nitrogen and oxygen atoms in total. The number of ether oxygens (including phenoxy) is 1. The number of nitrogens with one attached hydrogen (secondary N) is 1. The Labute approximate surface area is 149 Å². The van der Waals surface area contributed by atoms with Gasteiger partial charge in [-0.2, -0.15) is 0 Å². The van der Waals surface area contributed by atoms with Gasteiger partial charge in [-0.3, -0.25) is 4.79 Å². The van der Waals surface area contributed by atoms with Crippen LogP contribution >= 0.6 is 36.2 Å². The third kappa shape index (κ3) is 8.29. The summed E-state index contributed by atoms with van der Waals surface area (Å²) in [5.74, 6) is 0.160. The van der Waals surface area contributed by atoms with Crippen molar-refractivity contribution in [3.63, 3.8) is 0 Å². The molecule has 1 atom stereocenters. The van der Waals surface area contributed by atoms with E-state index in [1.54, 1.807) is 16.2 Å². The molecule has 0 aromatic carbocycles. The van der Waals surface area contributed by atoms with Crippen molar-refractivity contribution in [2.75, 3.05) is 27.2 Å². The number of carbonyl (C=O) groups is 1. The number of hydrogen-bond donors (Lipinski definition) is 1. The van der Waals surface area contributed by atoms with Gasteiger partial charge in [-0.15, -0.1) is 36.2 Å². The van der Waals surface area contributed by atoms with E-state index in [0.717, 1.165) is 23.7 Å². The maximum Gasteiger partial charge on any atom is 0.222 e. The lowest BCUT2D eigenvalue weighted by molar-refractivity contribution is -0.130. The van der Waals surface area contributed by atoms with Crippen LogP contribution in [0.25, 0.3) is 0 Å². The summed E-state index contributed by atoms with van der Waals surface area (Å²) in [5, 5.41) is 6.02. The molecule has 1 unspecified atom stereocenters. The predicted octanol–water partition coefficient (Wildman–Crippen LogP) is 3.04. The average Bonchev–Trinajstić information content (AvgIpc) is 2.87. The smallest absolute Gasteiger partial charge is 0.222 e. The first-order valence-electron chi connectivity index (χ1n) is 7.03. The molecule has 0 saturated heterocycles. The monoisotopic (exact) mass is 371 g/mol. The maximum atomic E-state index is 11.9. The number of hydrogen-bond acceptors (Lipinski definition) is 5. The highest BCUT2D eigenvalue weighted by Gasteiger charge is 2.13. The minimum atomic E-state index is 0. The zero-order valence-electron chi connectivity index (χ0n) is 13.6. The molecule has 1 rings (SSSR count). The number of thiazole rings is 1. The van der Waals surface area contributed by atoms with Gasteiger partial charge >= 0.3 is 0 Å². The molecule has 0 bridgehead atoms. The van der Waals surface area contributed by atoms with Crippen LogP contribution in [0.4, 0.5) is 0 Å². The number of halogens is 2. The van der Waals surface area contributed by atoms with E-state index < -0.39 is 0 Å². The Kier molecular flexibility index (Phi) is 14.2. The van der Waals surface area contributed by atoms with Gasteiger partial charge in [0.25, 0.3) is 0 Å². The van der Waals surface area contributed by atoms with E-state index >= 15 is 0 Å². The second kappa shape index (κ2) is 13.1. The zero-order chi connectivity index (χ0) is 15.0. The molecule has 0 spiro atoms. The van der Waals surface area contributed by atoms with Crippen molar-refractivity contribution in [3.05, 3.63) is 16.1 Å². The summed E-state index contributed by atoms with van der Waals surface area (Å²) in [6.07, 6.45) is 1.46. The summed E-state index contributed by atoms with van der Waals surface area (Å²) in [6.45, 7) is 6.08. The van der Waals surface area contributed by atoms with Crippen LogP contribution in [0, 0.1) is 0 Å². The summed E-state index contributed by atoms with van der Waals surface area (Å²) in [4.78, 5) is 18.2. The van der Waals surface area contributed by atoms with Crippen LogP contribution in [0.2, 0.25) is 0 Å². The average molecular weight is 372 g/mol. The van der Waals surface area contributed by atoms with Crippen LogP contribution < -0.4 is 5.32 Å². The fraction of sp³-hybridized carbons (Fsp3) is 0.714. The Hall–Kier alpha value is -0.400. The quantitative estimate of drug-likeness (QED) is 0.677. The molecule has 1 heterocycles. The third-order valence-corrected chi connectivity index (χ3v) is 4.03. The molecule has 1 N–H and O–H groups in total. The number of nitrogens with zero attached hydrogens (tertiary/aromatic N) is 2. The first-order valence-corrected chi connectivity index (χ1v) is 7.90. The lowest BCUT2D eigenvalue weighted by atomic mass is 10.2. The normalized spacial score (nSPS) is 11.3. The van der Waals surface area contributed by atoms with Crippen molar-refractivity contribution in [2.24, 2.45) is 0 Å². The van der Waals surface area contributed by atoms with Gasteiger partial charge < -0.3 is 15.0 Å². The molecule has 22 heavy (non-hydrogen) atoms. The van der Waals surface area contributed by atoms with E-state index in [4.69, 9.17) is 4.74 Å². The second-order valence-electron chi connectivity index (χ2n) is 4.73. The fourth-order valence-electron chi connectivity index (χ4n) is 1.84. The Balaban J connectivity index is 0. The topological polar surface area (TPSA) is 54.5 Å². The van der Waals surface area contributed by atoms with E-state index in [2.05, 4.69) is 10.3 Å². The molecular formula is C14H27Cl2N3O2S. The second-order valence-corrected chi connectivity index (χ2v) is 5.62. The number of amides is 1. The maximum absolute atomic E-state index is 11.9. The third-order valence-electron chi connectivity index (χ3n) is 2.98. The van der Waals surface area contributed by atoms with Crippen LogP contribution in [-0.2, 0) is 16.1 Å². The molecular weight excluding hydrogens is 345 g/mol. The molecule has 130 valence electrons. The molecule has 1 aromatic rings. The molecule has 0 fully saturated rings. The van der Waals surface area contributed by atoms with Gasteiger partial charge in [-0.25, -0.2) is 4.98 Å². The van der Waals surface area contributed by atoms with E-state index in [9.17, 15) is 4.79 Å². The van der Waals surface area contributed by atoms with Gasteiger partial charge in [0.2, 0.25) is 5.91 Å². The number of aromatic nitrogens is 1. The fourth-order valence-corrected chi connectivity index (χ4v) is 2.66. The first-order chi connectivity index (χ1) is 9.58. The minimum Gasteiger partial charge on any atom is -0.372 e. The standard InChI is InChI=1S/C14H25N3O2S.2ClH/c1-5-19-11(2)14-16-12(10-20-14)9-17(4)13(18)7-6-8-15-3;;/h10-11,15H,5-9H2,1-4H3;2*1H.